The van der Waals surface area contributed by atoms with Crippen LogP contribution in [0.15, 0.2) is 0 Å². The Balaban J connectivity index is 2.24. The maximum Gasteiger partial charge on any atom is 0.322 e. The van der Waals surface area contributed by atoms with Crippen molar-refractivity contribution in [1.82, 2.24) is 4.90 Å². The van der Waals surface area contributed by atoms with Crippen molar-refractivity contribution in [1.29, 1.82) is 0 Å². The lowest BCUT2D eigenvalue weighted by Crippen LogP contribution is -2.37. The highest BCUT2D eigenvalue weighted by Gasteiger charge is 2.19. The van der Waals surface area contributed by atoms with Gasteiger partial charge in [0.15, 0.2) is 0 Å². The topological polar surface area (TPSA) is 55.6 Å². The molecule has 106 valence electrons. The molecule has 4 heteroatoms. The minimum absolute atomic E-state index is 0.265. The zero-order valence-electron chi connectivity index (χ0n) is 11.9. The van der Waals surface area contributed by atoms with Gasteiger partial charge in [0.1, 0.15) is 6.04 Å². The van der Waals surface area contributed by atoms with Gasteiger partial charge in [-0.05, 0) is 51.6 Å². The van der Waals surface area contributed by atoms with Crippen molar-refractivity contribution in [2.45, 2.75) is 52.0 Å². The van der Waals surface area contributed by atoms with Crippen molar-refractivity contribution in [2.75, 3.05) is 26.2 Å². The smallest absolute Gasteiger partial charge is 0.322 e. The van der Waals surface area contributed by atoms with Crippen LogP contribution in [0.3, 0.4) is 0 Å². The second-order valence-electron chi connectivity index (χ2n) is 5.19. The summed E-state index contributed by atoms with van der Waals surface area (Å²) in [6.07, 6.45) is 5.89. The van der Waals surface area contributed by atoms with Gasteiger partial charge in [0.05, 0.1) is 6.61 Å². The van der Waals surface area contributed by atoms with Crippen LogP contribution in [-0.4, -0.2) is 43.2 Å². The molecule has 0 aromatic carbocycles. The van der Waals surface area contributed by atoms with E-state index in [9.17, 15) is 4.79 Å². The lowest BCUT2D eigenvalue weighted by Gasteiger charge is -2.21. The average Bonchev–Trinajstić information content (AvgIpc) is 2.61. The molecule has 1 heterocycles. The van der Waals surface area contributed by atoms with Gasteiger partial charge in [0.25, 0.3) is 0 Å². The van der Waals surface area contributed by atoms with E-state index < -0.39 is 6.04 Å². The summed E-state index contributed by atoms with van der Waals surface area (Å²) in [5.41, 5.74) is 5.81. The molecule has 0 aromatic rings. The molecule has 1 rings (SSSR count). The Hall–Kier alpha value is -0.610. The summed E-state index contributed by atoms with van der Waals surface area (Å²) >= 11 is 0. The van der Waals surface area contributed by atoms with Gasteiger partial charge in [-0.25, -0.2) is 0 Å². The monoisotopic (exact) mass is 256 g/mol. The lowest BCUT2D eigenvalue weighted by molar-refractivity contribution is -0.144. The predicted molar refractivity (Wildman–Crippen MR) is 73.3 cm³/mol. The highest BCUT2D eigenvalue weighted by Crippen LogP contribution is 2.20. The third kappa shape index (κ3) is 5.36. The van der Waals surface area contributed by atoms with Crippen LogP contribution >= 0.6 is 0 Å². The molecule has 1 saturated heterocycles. The molecule has 1 aliphatic rings. The number of esters is 1. The number of carbonyl (C=O) groups is 1. The molecule has 1 fully saturated rings. The minimum atomic E-state index is -0.463. The Morgan fingerprint density at radius 3 is 2.83 bits per heavy atom. The molecule has 2 N–H and O–H groups in total. The number of nitrogens with zero attached hydrogens (tertiary/aromatic N) is 1. The summed E-state index contributed by atoms with van der Waals surface area (Å²) in [4.78, 5) is 13.9. The Labute approximate surface area is 111 Å². The summed E-state index contributed by atoms with van der Waals surface area (Å²) in [6, 6.07) is -0.463. The van der Waals surface area contributed by atoms with Crippen LogP contribution in [0.5, 0.6) is 0 Å². The summed E-state index contributed by atoms with van der Waals surface area (Å²) in [6.45, 7) is 7.70. The van der Waals surface area contributed by atoms with Crippen LogP contribution < -0.4 is 5.73 Å². The van der Waals surface area contributed by atoms with Crippen molar-refractivity contribution in [3.8, 4) is 0 Å². The Kier molecular flexibility index (Phi) is 7.28. The van der Waals surface area contributed by atoms with Gasteiger partial charge >= 0.3 is 5.97 Å². The highest BCUT2D eigenvalue weighted by molar-refractivity contribution is 5.75. The third-order valence-corrected chi connectivity index (χ3v) is 3.86. The third-order valence-electron chi connectivity index (χ3n) is 3.86. The average molecular weight is 256 g/mol. The molecule has 0 radical (unpaired) electrons. The number of nitrogens with two attached hydrogens (primary N) is 1. The molecule has 0 saturated carbocycles. The summed E-state index contributed by atoms with van der Waals surface area (Å²) < 4.78 is 4.92. The van der Waals surface area contributed by atoms with E-state index in [0.29, 0.717) is 13.0 Å². The van der Waals surface area contributed by atoms with E-state index >= 15 is 0 Å². The minimum Gasteiger partial charge on any atom is -0.465 e. The second-order valence-corrected chi connectivity index (χ2v) is 5.19. The van der Waals surface area contributed by atoms with Gasteiger partial charge in [-0.3, -0.25) is 4.79 Å². The fourth-order valence-corrected chi connectivity index (χ4v) is 2.55. The molecule has 0 amide bonds. The SMILES string of the molecule is CCOC(=O)C(N)CCN1CCCC(CC)CC1. The molecule has 2 atom stereocenters. The largest absolute Gasteiger partial charge is 0.465 e. The zero-order chi connectivity index (χ0) is 13.4. The number of likely N-dealkylation sites (tertiary alicyclic amines) is 1. The van der Waals surface area contributed by atoms with E-state index in [1.807, 2.05) is 6.92 Å². The van der Waals surface area contributed by atoms with Gasteiger partial charge in [-0.1, -0.05) is 13.3 Å². The van der Waals surface area contributed by atoms with E-state index in [0.717, 1.165) is 25.6 Å². The van der Waals surface area contributed by atoms with E-state index in [1.54, 1.807) is 0 Å². The van der Waals surface area contributed by atoms with E-state index in [4.69, 9.17) is 10.5 Å². The molecule has 0 aliphatic carbocycles. The molecule has 2 unspecified atom stereocenters. The van der Waals surface area contributed by atoms with Crippen LogP contribution in [0, 0.1) is 5.92 Å². The van der Waals surface area contributed by atoms with Crippen LogP contribution in [-0.2, 0) is 9.53 Å². The van der Waals surface area contributed by atoms with E-state index in [-0.39, 0.29) is 5.97 Å². The lowest BCUT2D eigenvalue weighted by atomic mass is 9.98. The van der Waals surface area contributed by atoms with E-state index in [1.165, 1.54) is 25.7 Å². The van der Waals surface area contributed by atoms with Crippen LogP contribution in [0.2, 0.25) is 0 Å². The summed E-state index contributed by atoms with van der Waals surface area (Å²) in [7, 11) is 0. The number of hydrogen-bond acceptors (Lipinski definition) is 4. The van der Waals surface area contributed by atoms with Crippen molar-refractivity contribution in [2.24, 2.45) is 11.7 Å². The van der Waals surface area contributed by atoms with Gasteiger partial charge < -0.3 is 15.4 Å². The van der Waals surface area contributed by atoms with Crippen LogP contribution in [0.25, 0.3) is 0 Å². The summed E-state index contributed by atoms with van der Waals surface area (Å²) in [5, 5.41) is 0. The quantitative estimate of drug-likeness (QED) is 0.736. The fraction of sp³-hybridized carbons (Fsp3) is 0.929. The van der Waals surface area contributed by atoms with Gasteiger partial charge in [-0.2, -0.15) is 0 Å². The van der Waals surface area contributed by atoms with Crippen LogP contribution in [0.1, 0.15) is 46.0 Å². The number of rotatable bonds is 6. The molecule has 18 heavy (non-hydrogen) atoms. The van der Waals surface area contributed by atoms with Gasteiger partial charge in [0.2, 0.25) is 0 Å². The molecule has 4 nitrogen and oxygen atoms in total. The molecular weight excluding hydrogens is 228 g/mol. The first-order chi connectivity index (χ1) is 8.67. The maximum absolute atomic E-state index is 11.4. The normalized spacial score (nSPS) is 23.4. The second kappa shape index (κ2) is 8.48. The Morgan fingerprint density at radius 2 is 2.17 bits per heavy atom. The first kappa shape index (κ1) is 15.4. The summed E-state index contributed by atoms with van der Waals surface area (Å²) in [5.74, 6) is 0.618. The zero-order valence-corrected chi connectivity index (χ0v) is 11.9. The number of hydrogen-bond donors (Lipinski definition) is 1. The van der Waals surface area contributed by atoms with Crippen molar-refractivity contribution in [3.05, 3.63) is 0 Å². The fourth-order valence-electron chi connectivity index (χ4n) is 2.55. The van der Waals surface area contributed by atoms with Gasteiger partial charge in [-0.15, -0.1) is 0 Å². The molecule has 0 spiro atoms. The Morgan fingerprint density at radius 1 is 1.39 bits per heavy atom. The molecule has 1 aliphatic heterocycles. The number of ether oxygens (including phenoxy) is 1. The molecular formula is C14H28N2O2. The van der Waals surface area contributed by atoms with Gasteiger partial charge in [0, 0.05) is 6.54 Å². The van der Waals surface area contributed by atoms with Crippen LogP contribution in [0.4, 0.5) is 0 Å². The first-order valence-electron chi connectivity index (χ1n) is 7.31. The standard InChI is InChI=1S/C14H28N2O2/c1-3-12-6-5-9-16(10-7-12)11-8-13(15)14(17)18-4-2/h12-13H,3-11,15H2,1-2H3. The van der Waals surface area contributed by atoms with Crippen molar-refractivity contribution < 1.29 is 9.53 Å². The molecule has 0 bridgehead atoms. The Bertz CT molecular complexity index is 246. The first-order valence-corrected chi connectivity index (χ1v) is 7.31. The molecule has 0 aromatic heterocycles. The van der Waals surface area contributed by atoms with Crippen molar-refractivity contribution in [3.63, 3.8) is 0 Å². The maximum atomic E-state index is 11.4. The highest BCUT2D eigenvalue weighted by atomic mass is 16.5. The van der Waals surface area contributed by atoms with E-state index in [2.05, 4.69) is 11.8 Å². The predicted octanol–water partition coefficient (Wildman–Crippen LogP) is 1.78. The van der Waals surface area contributed by atoms with Crippen molar-refractivity contribution >= 4 is 5.97 Å². The number of carbonyl (C=O) groups excluding carboxylic acids is 1.